The maximum absolute atomic E-state index is 2.41. The van der Waals surface area contributed by atoms with Crippen LogP contribution in [0.25, 0.3) is 243 Å². The molecular formula is C132H88N4. The van der Waals surface area contributed by atoms with Crippen LogP contribution in [0, 0.1) is 0 Å². The van der Waals surface area contributed by atoms with Gasteiger partial charge in [-0.3, -0.25) is 0 Å². The summed E-state index contributed by atoms with van der Waals surface area (Å²) >= 11 is 0. The Morgan fingerprint density at radius 1 is 0.0809 bits per heavy atom. The van der Waals surface area contributed by atoms with Crippen molar-refractivity contribution in [2.75, 3.05) is 0 Å². The number of hydrogen-bond acceptors (Lipinski definition) is 0. The molecular weight excluding hydrogens is 1640 g/mol. The molecule has 0 aliphatic carbocycles. The van der Waals surface area contributed by atoms with Crippen LogP contribution in [0.4, 0.5) is 0 Å². The number of hydrogen-bond donors (Lipinski definition) is 0. The lowest BCUT2D eigenvalue weighted by Crippen LogP contribution is -1.93. The van der Waals surface area contributed by atoms with Gasteiger partial charge in [0.2, 0.25) is 0 Å². The number of fused-ring (bicyclic) bond motifs is 12. The molecule has 26 aromatic rings. The topological polar surface area (TPSA) is 19.7 Å². The number of benzene rings is 22. The predicted molar refractivity (Wildman–Crippen MR) is 575 cm³/mol. The van der Waals surface area contributed by atoms with Crippen molar-refractivity contribution in [1.82, 2.24) is 18.3 Å². The third-order valence-corrected chi connectivity index (χ3v) is 27.5. The lowest BCUT2D eigenvalue weighted by atomic mass is 9.97. The minimum Gasteiger partial charge on any atom is -0.309 e. The summed E-state index contributed by atoms with van der Waals surface area (Å²) in [5.41, 5.74) is 43.1. The first-order valence-corrected chi connectivity index (χ1v) is 46.8. The number of rotatable bonds is 16. The molecule has 0 N–H and O–H groups in total. The Kier molecular flexibility index (Phi) is 20.3. The summed E-state index contributed by atoms with van der Waals surface area (Å²) in [7, 11) is 0. The third kappa shape index (κ3) is 14.8. The zero-order chi connectivity index (χ0) is 89.9. The van der Waals surface area contributed by atoms with Gasteiger partial charge >= 0.3 is 0 Å². The van der Waals surface area contributed by atoms with E-state index in [1.165, 1.54) is 221 Å². The van der Waals surface area contributed by atoms with Crippen molar-refractivity contribution in [2.24, 2.45) is 0 Å². The summed E-state index contributed by atoms with van der Waals surface area (Å²) in [6.07, 6.45) is 0. The summed E-state index contributed by atoms with van der Waals surface area (Å²) < 4.78 is 9.65. The minimum atomic E-state index is 1.15. The van der Waals surface area contributed by atoms with Crippen LogP contribution in [0.15, 0.2) is 534 Å². The van der Waals surface area contributed by atoms with E-state index >= 15 is 0 Å². The largest absolute Gasteiger partial charge is 0.309 e. The number of nitrogens with zero attached hydrogens (tertiary/aromatic N) is 4. The van der Waals surface area contributed by atoms with E-state index in [-0.39, 0.29) is 0 Å². The van der Waals surface area contributed by atoms with Crippen molar-refractivity contribution < 1.29 is 0 Å². The number of para-hydroxylation sites is 4. The van der Waals surface area contributed by atoms with Gasteiger partial charge in [0.15, 0.2) is 0 Å². The highest BCUT2D eigenvalue weighted by Gasteiger charge is 2.23. The van der Waals surface area contributed by atoms with Crippen LogP contribution in [0.5, 0.6) is 0 Å². The van der Waals surface area contributed by atoms with Gasteiger partial charge in [-0.15, -0.1) is 0 Å². The van der Waals surface area contributed by atoms with E-state index in [2.05, 4.69) is 552 Å². The van der Waals surface area contributed by atoms with E-state index in [1.54, 1.807) is 0 Å². The molecule has 0 aliphatic heterocycles. The molecule has 22 aromatic carbocycles. The molecule has 26 rings (SSSR count). The standard InChI is InChI=1S/2C66H44N2/c1-5-15-45(16-6-1)49-19-13-21-51(39-49)55-31-35-59-61-41-53(33-37-63(61)67(65(59)43-55)57-23-9-3-10-24-57)47-27-29-48(30-28-47)54-34-38-64-62(42-54)60-36-32-56(44-66(60)68(64)58-25-11-4-12-26-58)52-22-14-20-50(40-52)46-17-7-2-8-18-46;1-5-13-45(14-6-1)47-21-25-51(26-22-47)55-33-37-59-61-41-53(35-39-63(61)67(65(59)43-55)57-17-9-3-10-18-57)49-29-31-50(32-30-49)54-36-40-64-62(42-54)60-38-34-56(44-66(60)68(64)58-19-11-4-12-20-58)52-27-23-48(24-28-52)46-15-7-2-8-16-46/h2*1-44H. The van der Waals surface area contributed by atoms with Gasteiger partial charge < -0.3 is 18.3 Å². The molecule has 0 atom stereocenters. The molecule has 0 radical (unpaired) electrons. The normalized spacial score (nSPS) is 11.5. The van der Waals surface area contributed by atoms with Gasteiger partial charge in [0.1, 0.15) is 0 Å². The average Bonchev–Trinajstić information content (AvgIpc) is 1.59. The molecule has 0 saturated heterocycles. The second-order valence-electron chi connectivity index (χ2n) is 35.5. The smallest absolute Gasteiger partial charge is 0.0547 e. The molecule has 4 aromatic heterocycles. The Labute approximate surface area is 790 Å². The first kappa shape index (κ1) is 80.1. The van der Waals surface area contributed by atoms with Crippen LogP contribution in [0.2, 0.25) is 0 Å². The summed E-state index contributed by atoms with van der Waals surface area (Å²) in [4.78, 5) is 0. The van der Waals surface area contributed by atoms with Crippen molar-refractivity contribution in [2.45, 2.75) is 0 Å². The molecule has 4 nitrogen and oxygen atoms in total. The van der Waals surface area contributed by atoms with Crippen LogP contribution >= 0.6 is 0 Å². The molecule has 0 spiro atoms. The molecule has 4 heteroatoms. The van der Waals surface area contributed by atoms with E-state index in [0.717, 1.165) is 22.7 Å². The molecule has 636 valence electrons. The van der Waals surface area contributed by atoms with Crippen molar-refractivity contribution in [3.05, 3.63) is 534 Å². The first-order valence-electron chi connectivity index (χ1n) is 46.8. The van der Waals surface area contributed by atoms with Crippen LogP contribution in [-0.4, -0.2) is 18.3 Å². The second-order valence-corrected chi connectivity index (χ2v) is 35.5. The summed E-state index contributed by atoms with van der Waals surface area (Å²) in [5, 5.41) is 9.91. The van der Waals surface area contributed by atoms with Gasteiger partial charge in [0, 0.05) is 65.8 Å². The Balaban J connectivity index is 0.000000145. The summed E-state index contributed by atoms with van der Waals surface area (Å²) in [6, 6.07) is 195. The second kappa shape index (κ2) is 34.4. The van der Waals surface area contributed by atoms with E-state index < -0.39 is 0 Å². The summed E-state index contributed by atoms with van der Waals surface area (Å²) in [6.45, 7) is 0. The molecule has 136 heavy (non-hydrogen) atoms. The van der Waals surface area contributed by atoms with Gasteiger partial charge in [-0.1, -0.05) is 400 Å². The van der Waals surface area contributed by atoms with Gasteiger partial charge in [-0.05, 0) is 267 Å². The summed E-state index contributed by atoms with van der Waals surface area (Å²) in [5.74, 6) is 0. The Hall–Kier alpha value is -18.0. The SMILES string of the molecule is c1ccc(-c2ccc(-c3ccc4c5cc(-c6ccc(-c7ccc8c(c7)c7ccc(-c9ccc(-c%10ccccc%10)cc9)cc7n8-c7ccccc7)cc6)ccc5n(-c5ccccc5)c4c3)cc2)cc1.c1ccc(-c2cccc(-c3ccc4c5cc(-c6ccc(-c7ccc8c(c7)c7ccc(-c9cccc(-c%10ccccc%10)c9)cc7n8-c7ccccc7)cc6)ccc5n(-c5ccccc5)c4c3)c2)cc1. The maximum Gasteiger partial charge on any atom is 0.0547 e. The Bertz CT molecular complexity index is 8450. The van der Waals surface area contributed by atoms with Crippen molar-refractivity contribution in [3.63, 3.8) is 0 Å². The fourth-order valence-corrected chi connectivity index (χ4v) is 20.6. The van der Waals surface area contributed by atoms with Gasteiger partial charge in [-0.25, -0.2) is 0 Å². The molecule has 0 saturated carbocycles. The van der Waals surface area contributed by atoms with Crippen molar-refractivity contribution >= 4 is 87.2 Å². The van der Waals surface area contributed by atoms with Crippen molar-refractivity contribution in [1.29, 1.82) is 0 Å². The van der Waals surface area contributed by atoms with E-state index in [4.69, 9.17) is 0 Å². The lowest BCUT2D eigenvalue weighted by Gasteiger charge is -2.10. The molecule has 0 bridgehead atoms. The quantitative estimate of drug-likeness (QED) is 0.0919. The van der Waals surface area contributed by atoms with E-state index in [0.29, 0.717) is 0 Å². The highest BCUT2D eigenvalue weighted by molar-refractivity contribution is 6.16. The Morgan fingerprint density at radius 2 is 0.221 bits per heavy atom. The van der Waals surface area contributed by atoms with Gasteiger partial charge in [0.05, 0.1) is 44.1 Å². The molecule has 0 amide bonds. The zero-order valence-corrected chi connectivity index (χ0v) is 74.6. The highest BCUT2D eigenvalue weighted by Crippen LogP contribution is 2.46. The fourth-order valence-electron chi connectivity index (χ4n) is 20.6. The third-order valence-electron chi connectivity index (χ3n) is 27.5. The number of aromatic nitrogens is 4. The van der Waals surface area contributed by atoms with Gasteiger partial charge in [-0.2, -0.15) is 0 Å². The molecule has 4 heterocycles. The van der Waals surface area contributed by atoms with Crippen LogP contribution in [-0.2, 0) is 0 Å². The zero-order valence-electron chi connectivity index (χ0n) is 74.6. The minimum absolute atomic E-state index is 1.15. The fraction of sp³-hybridized carbons (Fsp3) is 0. The molecule has 0 aliphatic rings. The maximum atomic E-state index is 2.41. The van der Waals surface area contributed by atoms with Crippen molar-refractivity contribution in [3.8, 4) is 156 Å². The van der Waals surface area contributed by atoms with Crippen LogP contribution in [0.3, 0.4) is 0 Å². The molecule has 0 fully saturated rings. The van der Waals surface area contributed by atoms with E-state index in [9.17, 15) is 0 Å². The van der Waals surface area contributed by atoms with E-state index in [1.807, 2.05) is 0 Å². The van der Waals surface area contributed by atoms with Gasteiger partial charge in [0.25, 0.3) is 0 Å². The highest BCUT2D eigenvalue weighted by atomic mass is 15.0. The molecule has 0 unspecified atom stereocenters. The first-order chi connectivity index (χ1) is 67.4. The lowest BCUT2D eigenvalue weighted by molar-refractivity contribution is 1.18. The predicted octanol–water partition coefficient (Wildman–Crippen LogP) is 35.8. The monoisotopic (exact) mass is 1730 g/mol. The average molecular weight is 1730 g/mol. The van der Waals surface area contributed by atoms with Crippen LogP contribution in [0.1, 0.15) is 0 Å². The Morgan fingerprint density at radius 3 is 0.441 bits per heavy atom. The van der Waals surface area contributed by atoms with Crippen LogP contribution < -0.4 is 0 Å².